The van der Waals surface area contributed by atoms with Crippen molar-refractivity contribution in [3.05, 3.63) is 30.5 Å². The molecule has 3 radical (unpaired) electrons. The lowest BCUT2D eigenvalue weighted by Gasteiger charge is -2.44. The number of hydrogen-bond donors (Lipinski definition) is 0. The topological polar surface area (TPSA) is 4.93 Å². The highest BCUT2D eigenvalue weighted by Gasteiger charge is 2.45. The molecule has 0 aliphatic carbocycles. The van der Waals surface area contributed by atoms with Gasteiger partial charge < -0.3 is 4.23 Å². The molecule has 0 N–H and O–H groups in total. The largest absolute Gasteiger partial charge is 0.373 e. The number of para-hydroxylation sites is 1. The van der Waals surface area contributed by atoms with Crippen LogP contribution in [0.15, 0.2) is 30.5 Å². The average Bonchev–Trinajstić information content (AvgIpc) is 2.67. The third-order valence-electron chi connectivity index (χ3n) is 4.90. The molecule has 1 nitrogen and oxygen atoms in total. The second-order valence-corrected chi connectivity index (χ2v) is 13.0. The number of nitrogens with zero attached hydrogens (tertiary/aromatic N) is 1. The zero-order valence-corrected chi connectivity index (χ0v) is 15.6. The molecule has 0 amide bonds. The molecule has 107 valence electrons. The van der Waals surface area contributed by atoms with E-state index in [1.165, 1.54) is 16.1 Å². The summed E-state index contributed by atoms with van der Waals surface area (Å²) >= 11 is 0. The van der Waals surface area contributed by atoms with Crippen LogP contribution in [0, 0.1) is 0 Å². The number of benzene rings is 1. The molecular weight excluding hydrogens is 274 g/mol. The number of rotatable bonds is 4. The van der Waals surface area contributed by atoms with Crippen LogP contribution in [-0.4, -0.2) is 22.7 Å². The number of fused-ring (bicyclic) bond motifs is 1. The molecular formula is C17H26NSi2. The Bertz CT molecular complexity index is 574. The Kier molecular flexibility index (Phi) is 4.31. The molecule has 20 heavy (non-hydrogen) atoms. The van der Waals surface area contributed by atoms with Crippen LogP contribution in [0.1, 0.15) is 41.5 Å². The summed E-state index contributed by atoms with van der Waals surface area (Å²) in [7, 11) is 2.15. The van der Waals surface area contributed by atoms with E-state index in [0.717, 1.165) is 0 Å². The van der Waals surface area contributed by atoms with Crippen molar-refractivity contribution in [1.82, 2.24) is 4.23 Å². The quantitative estimate of drug-likeness (QED) is 0.735. The van der Waals surface area contributed by atoms with E-state index in [2.05, 4.69) is 86.5 Å². The van der Waals surface area contributed by atoms with E-state index in [1.54, 1.807) is 0 Å². The summed E-state index contributed by atoms with van der Waals surface area (Å²) in [6, 6.07) is 8.77. The first kappa shape index (κ1) is 15.6. The van der Waals surface area contributed by atoms with Crippen molar-refractivity contribution in [2.24, 2.45) is 0 Å². The van der Waals surface area contributed by atoms with Crippen LogP contribution >= 0.6 is 0 Å². The first-order valence-electron chi connectivity index (χ1n) is 7.65. The summed E-state index contributed by atoms with van der Waals surface area (Å²) in [5.74, 6) is 0. The minimum Gasteiger partial charge on any atom is -0.373 e. The Morgan fingerprint density at radius 3 is 1.90 bits per heavy atom. The molecule has 1 heterocycles. The molecule has 3 heteroatoms. The number of aromatic nitrogens is 1. The standard InChI is InChI=1S/C17H26NSi2/c1-12(2)20(13(3)4,14(5)6)18-11-17(19)15-9-7-8-10-16(15)18/h7-14H,1-6H3. The lowest BCUT2D eigenvalue weighted by atomic mass is 10.2. The predicted octanol–water partition coefficient (Wildman–Crippen LogP) is 4.46. The smallest absolute Gasteiger partial charge is 0.169 e. The van der Waals surface area contributed by atoms with Gasteiger partial charge in [-0.3, -0.25) is 0 Å². The summed E-state index contributed by atoms with van der Waals surface area (Å²) in [5, 5.41) is 2.56. The molecule has 0 aliphatic rings. The minimum absolute atomic E-state index is 0.712. The van der Waals surface area contributed by atoms with Crippen molar-refractivity contribution < 1.29 is 0 Å². The van der Waals surface area contributed by atoms with E-state index in [9.17, 15) is 0 Å². The summed E-state index contributed by atoms with van der Waals surface area (Å²) in [4.78, 5) is 0. The Morgan fingerprint density at radius 1 is 0.900 bits per heavy atom. The fraction of sp³-hybridized carbons (Fsp3) is 0.529. The van der Waals surface area contributed by atoms with Crippen molar-refractivity contribution in [3.63, 3.8) is 0 Å². The van der Waals surface area contributed by atoms with Gasteiger partial charge >= 0.3 is 0 Å². The van der Waals surface area contributed by atoms with Crippen molar-refractivity contribution in [3.8, 4) is 0 Å². The highest BCUT2D eigenvalue weighted by molar-refractivity contribution is 6.82. The van der Waals surface area contributed by atoms with Crippen LogP contribution in [-0.2, 0) is 0 Å². The van der Waals surface area contributed by atoms with Crippen molar-refractivity contribution >= 4 is 34.6 Å². The number of hydrogen-bond acceptors (Lipinski definition) is 0. The van der Waals surface area contributed by atoms with Crippen LogP contribution in [0.5, 0.6) is 0 Å². The Morgan fingerprint density at radius 2 is 1.40 bits per heavy atom. The summed E-state index contributed by atoms with van der Waals surface area (Å²) < 4.78 is 2.66. The van der Waals surface area contributed by atoms with E-state index >= 15 is 0 Å². The van der Waals surface area contributed by atoms with E-state index in [4.69, 9.17) is 0 Å². The van der Waals surface area contributed by atoms with Gasteiger partial charge in [0.25, 0.3) is 0 Å². The third-order valence-corrected chi connectivity index (χ3v) is 12.1. The van der Waals surface area contributed by atoms with Crippen molar-refractivity contribution in [2.45, 2.75) is 58.2 Å². The minimum atomic E-state index is -1.66. The van der Waals surface area contributed by atoms with Crippen LogP contribution < -0.4 is 5.19 Å². The summed E-state index contributed by atoms with van der Waals surface area (Å²) in [5.41, 5.74) is 3.53. The molecule has 0 spiro atoms. The van der Waals surface area contributed by atoms with E-state index in [1.807, 2.05) is 0 Å². The van der Waals surface area contributed by atoms with Gasteiger partial charge in [0.1, 0.15) is 0 Å². The zero-order chi connectivity index (χ0) is 15.1. The van der Waals surface area contributed by atoms with Crippen molar-refractivity contribution in [1.29, 1.82) is 0 Å². The maximum Gasteiger partial charge on any atom is 0.169 e. The van der Waals surface area contributed by atoms with Gasteiger partial charge in [-0.15, -0.1) is 0 Å². The molecule has 0 bridgehead atoms. The van der Waals surface area contributed by atoms with Gasteiger partial charge in [-0.1, -0.05) is 59.7 Å². The van der Waals surface area contributed by atoms with Gasteiger partial charge in [0.2, 0.25) is 0 Å². The molecule has 2 rings (SSSR count). The maximum absolute atomic E-state index is 3.81. The summed E-state index contributed by atoms with van der Waals surface area (Å²) in [6.45, 7) is 14.5. The lowest BCUT2D eigenvalue weighted by molar-refractivity contribution is 0.773. The van der Waals surface area contributed by atoms with Crippen LogP contribution in [0.25, 0.3) is 10.9 Å². The third kappa shape index (κ3) is 2.11. The highest BCUT2D eigenvalue weighted by Crippen LogP contribution is 2.43. The van der Waals surface area contributed by atoms with Gasteiger partial charge in [0.05, 0.1) is 10.2 Å². The highest BCUT2D eigenvalue weighted by atomic mass is 28.3. The predicted molar refractivity (Wildman–Crippen MR) is 93.8 cm³/mol. The average molecular weight is 301 g/mol. The normalized spacial score (nSPS) is 13.1. The molecule has 0 aliphatic heterocycles. The first-order chi connectivity index (χ1) is 9.33. The Balaban J connectivity index is 2.82. The maximum atomic E-state index is 3.81. The first-order valence-corrected chi connectivity index (χ1v) is 10.3. The van der Waals surface area contributed by atoms with Gasteiger partial charge in [0.15, 0.2) is 8.24 Å². The molecule has 0 unspecified atom stereocenters. The monoisotopic (exact) mass is 300 g/mol. The molecule has 0 fully saturated rings. The van der Waals surface area contributed by atoms with Crippen LogP contribution in [0.2, 0.25) is 16.6 Å². The van der Waals surface area contributed by atoms with Crippen molar-refractivity contribution in [2.75, 3.05) is 0 Å². The van der Waals surface area contributed by atoms with E-state index < -0.39 is 8.24 Å². The van der Waals surface area contributed by atoms with Gasteiger partial charge in [-0.2, -0.15) is 0 Å². The molecule has 0 atom stereocenters. The Hall–Kier alpha value is -0.806. The summed E-state index contributed by atoms with van der Waals surface area (Å²) in [6.07, 6.45) is 2.34. The van der Waals surface area contributed by atoms with Gasteiger partial charge in [-0.25, -0.2) is 0 Å². The van der Waals surface area contributed by atoms with Crippen LogP contribution in [0.4, 0.5) is 0 Å². The molecule has 1 aromatic heterocycles. The Labute approximate surface area is 127 Å². The SMILES string of the molecule is CC(C)[Si](C(C)C)(C(C)C)n1cc([Si])c2ccccc21. The fourth-order valence-electron chi connectivity index (χ4n) is 4.33. The second-order valence-electron chi connectivity index (χ2n) is 6.78. The molecule has 0 saturated heterocycles. The fourth-order valence-corrected chi connectivity index (χ4v) is 11.4. The van der Waals surface area contributed by atoms with Gasteiger partial charge in [-0.05, 0) is 39.5 Å². The molecule has 1 aromatic carbocycles. The van der Waals surface area contributed by atoms with Gasteiger partial charge in [0, 0.05) is 5.52 Å². The second kappa shape index (κ2) is 5.53. The van der Waals surface area contributed by atoms with Crippen LogP contribution in [0.3, 0.4) is 0 Å². The van der Waals surface area contributed by atoms with E-state index in [-0.39, 0.29) is 0 Å². The lowest BCUT2D eigenvalue weighted by Crippen LogP contribution is -2.51. The molecule has 0 saturated carbocycles. The zero-order valence-electron chi connectivity index (χ0n) is 13.6. The molecule has 2 aromatic rings. The van der Waals surface area contributed by atoms with E-state index in [0.29, 0.717) is 16.6 Å².